The fraction of sp³-hybridized carbons (Fsp3) is 0.250. The highest BCUT2D eigenvalue weighted by atomic mass is 16.5. The Labute approximate surface area is 157 Å². The van der Waals surface area contributed by atoms with Crippen LogP contribution in [0.2, 0.25) is 0 Å². The van der Waals surface area contributed by atoms with Gasteiger partial charge in [-0.3, -0.25) is 19.9 Å². The first-order valence-electron chi connectivity index (χ1n) is 8.88. The van der Waals surface area contributed by atoms with E-state index in [2.05, 4.69) is 20.5 Å². The minimum Gasteiger partial charge on any atom is -0.378 e. The molecule has 2 N–H and O–H groups in total. The zero-order valence-corrected chi connectivity index (χ0v) is 14.8. The number of ether oxygens (including phenoxy) is 1. The standard InChI is InChI=1S/C20H20N4O3/c25-19-17(15-3-5-16(6-4-15)24-8-10-27-11-9-24)18(20(26)23-19)22-13-14-2-1-7-21-12-14/h1-7,12H,8-11,13H2,(H2,22,23,25,26). The summed E-state index contributed by atoms with van der Waals surface area (Å²) >= 11 is 0. The molecule has 138 valence electrons. The minimum absolute atomic E-state index is 0.294. The highest BCUT2D eigenvalue weighted by Crippen LogP contribution is 2.25. The molecule has 0 saturated carbocycles. The van der Waals surface area contributed by atoms with E-state index in [1.807, 2.05) is 36.4 Å². The third-order valence-electron chi connectivity index (χ3n) is 4.66. The Hall–Kier alpha value is -3.19. The van der Waals surface area contributed by atoms with E-state index in [-0.39, 0.29) is 5.91 Å². The first kappa shape index (κ1) is 17.2. The van der Waals surface area contributed by atoms with Crippen molar-refractivity contribution in [2.45, 2.75) is 6.54 Å². The maximum absolute atomic E-state index is 12.3. The Morgan fingerprint density at radius 1 is 1.07 bits per heavy atom. The van der Waals surface area contributed by atoms with Gasteiger partial charge in [0.25, 0.3) is 11.8 Å². The zero-order valence-electron chi connectivity index (χ0n) is 14.8. The van der Waals surface area contributed by atoms with Crippen molar-refractivity contribution in [2.75, 3.05) is 31.2 Å². The number of anilines is 1. The summed E-state index contributed by atoms with van der Waals surface area (Å²) in [5, 5.41) is 5.46. The minimum atomic E-state index is -0.406. The second-order valence-electron chi connectivity index (χ2n) is 6.39. The Balaban J connectivity index is 1.57. The van der Waals surface area contributed by atoms with Crippen LogP contribution in [0.25, 0.3) is 5.57 Å². The van der Waals surface area contributed by atoms with Crippen LogP contribution >= 0.6 is 0 Å². The molecule has 0 atom stereocenters. The third-order valence-corrected chi connectivity index (χ3v) is 4.66. The van der Waals surface area contributed by atoms with Crippen molar-refractivity contribution in [3.8, 4) is 0 Å². The molecule has 1 aromatic heterocycles. The summed E-state index contributed by atoms with van der Waals surface area (Å²) in [6, 6.07) is 11.4. The van der Waals surface area contributed by atoms with Crippen molar-refractivity contribution < 1.29 is 14.3 Å². The number of benzene rings is 1. The van der Waals surface area contributed by atoms with Crippen molar-refractivity contribution >= 4 is 23.1 Å². The molecule has 0 radical (unpaired) electrons. The molecular weight excluding hydrogens is 344 g/mol. The second-order valence-corrected chi connectivity index (χ2v) is 6.39. The van der Waals surface area contributed by atoms with Crippen molar-refractivity contribution in [2.24, 2.45) is 0 Å². The summed E-state index contributed by atoms with van der Waals surface area (Å²) in [5.41, 5.74) is 3.39. The number of amides is 2. The van der Waals surface area contributed by atoms with Gasteiger partial charge in [0.2, 0.25) is 0 Å². The quantitative estimate of drug-likeness (QED) is 0.773. The van der Waals surface area contributed by atoms with Crippen LogP contribution in [0.15, 0.2) is 54.5 Å². The summed E-state index contributed by atoms with van der Waals surface area (Å²) in [4.78, 5) is 30.8. The normalized spacial score (nSPS) is 17.3. The highest BCUT2D eigenvalue weighted by Gasteiger charge is 2.31. The van der Waals surface area contributed by atoms with Crippen molar-refractivity contribution in [1.29, 1.82) is 0 Å². The molecule has 7 heteroatoms. The topological polar surface area (TPSA) is 83.6 Å². The van der Waals surface area contributed by atoms with Crippen LogP contribution in [0, 0.1) is 0 Å². The van der Waals surface area contributed by atoms with Crippen molar-refractivity contribution in [3.05, 3.63) is 65.6 Å². The van der Waals surface area contributed by atoms with Gasteiger partial charge in [-0.15, -0.1) is 0 Å². The van der Waals surface area contributed by atoms with Gasteiger partial charge in [-0.1, -0.05) is 18.2 Å². The number of nitrogens with zero attached hydrogens (tertiary/aromatic N) is 2. The fourth-order valence-electron chi connectivity index (χ4n) is 3.25. The van der Waals surface area contributed by atoms with Gasteiger partial charge >= 0.3 is 0 Å². The lowest BCUT2D eigenvalue weighted by molar-refractivity contribution is -0.123. The predicted octanol–water partition coefficient (Wildman–Crippen LogP) is 1.08. The monoisotopic (exact) mass is 364 g/mol. The van der Waals surface area contributed by atoms with Gasteiger partial charge in [-0.05, 0) is 29.3 Å². The second kappa shape index (κ2) is 7.59. The number of carbonyl (C=O) groups is 2. The molecule has 0 spiro atoms. The Kier molecular flexibility index (Phi) is 4.84. The number of aromatic nitrogens is 1. The third kappa shape index (κ3) is 3.68. The first-order chi connectivity index (χ1) is 13.2. The van der Waals surface area contributed by atoms with Crippen LogP contribution in [0.4, 0.5) is 5.69 Å². The molecule has 1 saturated heterocycles. The summed E-state index contributed by atoms with van der Waals surface area (Å²) in [5.74, 6) is -0.788. The van der Waals surface area contributed by atoms with Gasteiger partial charge < -0.3 is 15.0 Å². The molecular formula is C20H20N4O3. The average Bonchev–Trinajstić information content (AvgIpc) is 3.01. The first-order valence-corrected chi connectivity index (χ1v) is 8.88. The lowest BCUT2D eigenvalue weighted by atomic mass is 10.0. The van der Waals surface area contributed by atoms with Crippen LogP contribution in [0.5, 0.6) is 0 Å². The molecule has 2 aliphatic rings. The van der Waals surface area contributed by atoms with E-state index in [1.54, 1.807) is 12.4 Å². The van der Waals surface area contributed by atoms with Crippen LogP contribution in [0.1, 0.15) is 11.1 Å². The van der Waals surface area contributed by atoms with Gasteiger partial charge in [0.05, 0.1) is 18.8 Å². The van der Waals surface area contributed by atoms with E-state index in [0.717, 1.165) is 24.3 Å². The lowest BCUT2D eigenvalue weighted by Crippen LogP contribution is -2.36. The van der Waals surface area contributed by atoms with Crippen LogP contribution < -0.4 is 15.5 Å². The largest absolute Gasteiger partial charge is 0.378 e. The number of imide groups is 1. The van der Waals surface area contributed by atoms with E-state index in [4.69, 9.17) is 4.74 Å². The molecule has 1 aromatic carbocycles. The maximum Gasteiger partial charge on any atom is 0.275 e. The molecule has 2 aliphatic heterocycles. The van der Waals surface area contributed by atoms with Crippen molar-refractivity contribution in [3.63, 3.8) is 0 Å². The van der Waals surface area contributed by atoms with E-state index in [9.17, 15) is 9.59 Å². The highest BCUT2D eigenvalue weighted by molar-refractivity contribution is 6.35. The van der Waals surface area contributed by atoms with E-state index in [1.165, 1.54) is 0 Å². The molecule has 2 amide bonds. The zero-order chi connectivity index (χ0) is 18.6. The van der Waals surface area contributed by atoms with Crippen molar-refractivity contribution in [1.82, 2.24) is 15.6 Å². The maximum atomic E-state index is 12.3. The average molecular weight is 364 g/mol. The summed E-state index contributed by atoms with van der Waals surface area (Å²) in [6.07, 6.45) is 3.41. The number of hydrogen-bond acceptors (Lipinski definition) is 6. The molecule has 27 heavy (non-hydrogen) atoms. The molecule has 2 aromatic rings. The molecule has 0 bridgehead atoms. The number of carbonyl (C=O) groups excluding carboxylic acids is 2. The van der Waals surface area contributed by atoms with E-state index >= 15 is 0 Å². The van der Waals surface area contributed by atoms with Gasteiger partial charge in [0, 0.05) is 37.7 Å². The van der Waals surface area contributed by atoms with Crippen LogP contribution in [-0.2, 0) is 20.9 Å². The fourth-order valence-corrected chi connectivity index (χ4v) is 3.25. The van der Waals surface area contributed by atoms with Gasteiger partial charge in [0.1, 0.15) is 5.70 Å². The molecule has 3 heterocycles. The summed E-state index contributed by atoms with van der Waals surface area (Å²) < 4.78 is 5.38. The van der Waals surface area contributed by atoms with E-state index in [0.29, 0.717) is 36.6 Å². The van der Waals surface area contributed by atoms with Crippen LogP contribution in [0.3, 0.4) is 0 Å². The molecule has 0 aliphatic carbocycles. The predicted molar refractivity (Wildman–Crippen MR) is 101 cm³/mol. The molecule has 0 unspecified atom stereocenters. The summed E-state index contributed by atoms with van der Waals surface area (Å²) in [6.45, 7) is 3.54. The lowest BCUT2D eigenvalue weighted by Gasteiger charge is -2.28. The van der Waals surface area contributed by atoms with Gasteiger partial charge in [-0.25, -0.2) is 0 Å². The smallest absolute Gasteiger partial charge is 0.275 e. The van der Waals surface area contributed by atoms with Gasteiger partial charge in [0.15, 0.2) is 0 Å². The summed E-state index contributed by atoms with van der Waals surface area (Å²) in [7, 11) is 0. The van der Waals surface area contributed by atoms with Gasteiger partial charge in [-0.2, -0.15) is 0 Å². The number of rotatable bonds is 5. The number of nitrogens with one attached hydrogen (secondary N) is 2. The Morgan fingerprint density at radius 3 is 2.56 bits per heavy atom. The number of pyridine rings is 1. The SMILES string of the molecule is O=C1NC(=O)C(c2ccc(N3CCOCC3)cc2)=C1NCc1cccnc1. The molecule has 4 rings (SSSR count). The van der Waals surface area contributed by atoms with Crippen LogP contribution in [-0.4, -0.2) is 43.1 Å². The molecule has 7 nitrogen and oxygen atoms in total. The number of morpholine rings is 1. The molecule has 1 fully saturated rings. The Bertz CT molecular complexity index is 872. The Morgan fingerprint density at radius 2 is 1.85 bits per heavy atom. The number of hydrogen-bond donors (Lipinski definition) is 2. The van der Waals surface area contributed by atoms with E-state index < -0.39 is 5.91 Å².